The maximum Gasteiger partial charge on any atom is 0.417 e. The molecular formula is C42H45F5N4O5. The second kappa shape index (κ2) is 14.0. The molecule has 14 heteroatoms. The number of aliphatic hydroxyl groups is 2. The summed E-state index contributed by atoms with van der Waals surface area (Å²) in [5.74, 6) is -0.0825. The van der Waals surface area contributed by atoms with Crippen LogP contribution in [0.25, 0.3) is 32.9 Å². The summed E-state index contributed by atoms with van der Waals surface area (Å²) in [6.45, 7) is 3.14. The van der Waals surface area contributed by atoms with Gasteiger partial charge in [0, 0.05) is 34.9 Å². The summed E-state index contributed by atoms with van der Waals surface area (Å²) in [5.41, 5.74) is -4.11. The molecule has 8 rings (SSSR count). The summed E-state index contributed by atoms with van der Waals surface area (Å²) < 4.78 is 84.7. The van der Waals surface area contributed by atoms with E-state index in [0.29, 0.717) is 43.3 Å². The van der Waals surface area contributed by atoms with Crippen molar-refractivity contribution < 1.29 is 46.7 Å². The van der Waals surface area contributed by atoms with Crippen LogP contribution in [-0.4, -0.2) is 85.4 Å². The number of halogens is 5. The van der Waals surface area contributed by atoms with Crippen LogP contribution in [0.4, 0.5) is 22.0 Å². The molecule has 0 radical (unpaired) electrons. The second-order valence-electron chi connectivity index (χ2n) is 16.8. The molecule has 1 saturated heterocycles. The summed E-state index contributed by atoms with van der Waals surface area (Å²) in [6, 6.07) is 5.23. The van der Waals surface area contributed by atoms with Gasteiger partial charge in [-0.05, 0) is 107 Å². The highest BCUT2D eigenvalue weighted by atomic mass is 19.4. The van der Waals surface area contributed by atoms with E-state index in [1.165, 1.54) is 31.4 Å². The Morgan fingerprint density at radius 3 is 2.45 bits per heavy atom. The van der Waals surface area contributed by atoms with Crippen molar-refractivity contribution >= 4 is 21.7 Å². The van der Waals surface area contributed by atoms with Crippen LogP contribution in [0.1, 0.15) is 94.7 Å². The molecule has 4 fully saturated rings. The highest BCUT2D eigenvalue weighted by Crippen LogP contribution is 2.52. The van der Waals surface area contributed by atoms with Gasteiger partial charge in [-0.2, -0.15) is 23.1 Å². The van der Waals surface area contributed by atoms with Crippen molar-refractivity contribution in [3.63, 3.8) is 0 Å². The van der Waals surface area contributed by atoms with Gasteiger partial charge in [0.05, 0.1) is 36.0 Å². The summed E-state index contributed by atoms with van der Waals surface area (Å²) in [7, 11) is 1.38. The molecule has 9 nitrogen and oxygen atoms in total. The first-order valence-electron chi connectivity index (χ1n) is 19.3. The summed E-state index contributed by atoms with van der Waals surface area (Å²) in [5, 5.41) is 32.7. The molecule has 2 aromatic carbocycles. The van der Waals surface area contributed by atoms with E-state index >= 15 is 8.78 Å². The number of benzene rings is 2. The highest BCUT2D eigenvalue weighted by molar-refractivity contribution is 6.03. The van der Waals surface area contributed by atoms with Crippen molar-refractivity contribution in [2.75, 3.05) is 26.8 Å². The topological polar surface area (TPSA) is 121 Å². The fourth-order valence-corrected chi connectivity index (χ4v) is 10.3. The minimum atomic E-state index is -4.65. The van der Waals surface area contributed by atoms with E-state index in [1.807, 2.05) is 0 Å². The molecule has 4 aliphatic rings. The van der Waals surface area contributed by atoms with Gasteiger partial charge in [-0.15, -0.1) is 6.42 Å². The first-order valence-corrected chi connectivity index (χ1v) is 19.3. The molecule has 3 N–H and O–H groups in total. The van der Waals surface area contributed by atoms with Crippen LogP contribution in [-0.2, 0) is 0 Å². The number of pyridine rings is 1. The molecule has 2 aromatic heterocycles. The van der Waals surface area contributed by atoms with E-state index in [2.05, 4.69) is 20.8 Å². The normalized spacial score (nSPS) is 29.5. The Kier molecular flexibility index (Phi) is 9.61. The lowest BCUT2D eigenvalue weighted by Crippen LogP contribution is -2.59. The Hall–Kier alpha value is -4.32. The van der Waals surface area contributed by atoms with Gasteiger partial charge in [-0.3, -0.25) is 4.90 Å². The molecular weight excluding hydrogens is 735 g/mol. The molecule has 0 amide bonds. The minimum Gasteiger partial charge on any atom is -0.508 e. The van der Waals surface area contributed by atoms with E-state index in [4.69, 9.17) is 20.9 Å². The largest absolute Gasteiger partial charge is 0.508 e. The van der Waals surface area contributed by atoms with Gasteiger partial charge < -0.3 is 24.8 Å². The zero-order valence-electron chi connectivity index (χ0n) is 31.4. The Morgan fingerprint density at radius 1 is 0.982 bits per heavy atom. The third-order valence-corrected chi connectivity index (χ3v) is 12.9. The number of nitrogens with zero attached hydrogens (tertiary/aromatic N) is 4. The van der Waals surface area contributed by atoms with Gasteiger partial charge in [0.15, 0.2) is 11.4 Å². The predicted octanol–water partition coefficient (Wildman–Crippen LogP) is 7.94. The number of phenols is 1. The number of likely N-dealkylation sites (tertiary alicyclic amines) is 1. The van der Waals surface area contributed by atoms with Crippen LogP contribution in [0.2, 0.25) is 0 Å². The Balaban J connectivity index is 1.19. The number of hydrogen-bond donors (Lipinski definition) is 3. The first-order chi connectivity index (χ1) is 26.5. The van der Waals surface area contributed by atoms with Crippen molar-refractivity contribution in [3.05, 3.63) is 47.2 Å². The number of terminal acetylenes is 1. The van der Waals surface area contributed by atoms with Crippen molar-refractivity contribution in [3.8, 4) is 41.2 Å². The Bertz CT molecular complexity index is 2240. The van der Waals surface area contributed by atoms with Gasteiger partial charge in [-0.25, -0.2) is 13.8 Å². The van der Waals surface area contributed by atoms with E-state index in [-0.39, 0.29) is 93.5 Å². The molecule has 0 bridgehead atoms. The fraction of sp³-hybridized carbons (Fsp3) is 0.548. The monoisotopic (exact) mass is 780 g/mol. The average molecular weight is 781 g/mol. The molecule has 56 heavy (non-hydrogen) atoms. The summed E-state index contributed by atoms with van der Waals surface area (Å²) >= 11 is 0. The number of alkyl halides is 3. The van der Waals surface area contributed by atoms with Crippen molar-refractivity contribution in [2.45, 2.75) is 107 Å². The summed E-state index contributed by atoms with van der Waals surface area (Å²) in [6.07, 6.45) is 6.91. The van der Waals surface area contributed by atoms with Gasteiger partial charge in [-0.1, -0.05) is 18.4 Å². The third kappa shape index (κ3) is 6.59. The van der Waals surface area contributed by atoms with Gasteiger partial charge in [0.25, 0.3) is 0 Å². The summed E-state index contributed by atoms with van der Waals surface area (Å²) in [4.78, 5) is 16.3. The fourth-order valence-electron chi connectivity index (χ4n) is 10.3. The second-order valence-corrected chi connectivity index (χ2v) is 16.8. The zero-order chi connectivity index (χ0) is 39.8. The number of piperidine rings is 1. The quantitative estimate of drug-likeness (QED) is 0.121. The number of methoxy groups -OCH3 is 1. The van der Waals surface area contributed by atoms with Crippen LogP contribution in [0.3, 0.4) is 0 Å². The smallest absolute Gasteiger partial charge is 0.417 e. The van der Waals surface area contributed by atoms with Crippen molar-refractivity contribution in [1.29, 1.82) is 0 Å². The van der Waals surface area contributed by atoms with Crippen molar-refractivity contribution in [1.82, 2.24) is 19.9 Å². The number of aromatic hydroxyl groups is 1. The minimum absolute atomic E-state index is 0.0101. The zero-order valence-corrected chi connectivity index (χ0v) is 31.4. The molecule has 3 aliphatic carbocycles. The average Bonchev–Trinajstić information content (AvgIpc) is 3.57. The molecule has 4 atom stereocenters. The lowest BCUT2D eigenvalue weighted by Gasteiger charge is -2.51. The first kappa shape index (κ1) is 38.5. The van der Waals surface area contributed by atoms with Gasteiger partial charge >= 0.3 is 12.2 Å². The number of hydrogen-bond acceptors (Lipinski definition) is 9. The van der Waals surface area contributed by atoms with Crippen LogP contribution in [0.5, 0.6) is 17.6 Å². The lowest BCUT2D eigenvalue weighted by atomic mass is 9.69. The predicted molar refractivity (Wildman–Crippen MR) is 198 cm³/mol. The molecule has 1 aliphatic heterocycles. The third-order valence-electron chi connectivity index (χ3n) is 12.9. The standard InChI is InChI=1S/C42H45F5N4O5/c1-4-27-29(43)11-10-24-16-26(52)17-28(31(24)27)35-33(44)36-32(37(48-35)55-3)34(25-8-5-12-39(2,53)20-25)49-38(50-36)56-22-40-13-6-9-30(40)51(15-7-14-40)21-23-18-41(54,19-23)42(45,46)47/h1,10-11,16-17,23,25,30,52-54H,5-9,12-15,18-22H2,2-3H3/t23?,25?,30-,39-,40-,41?/m1/s1. The molecule has 0 spiro atoms. The Labute approximate surface area is 321 Å². The molecule has 3 saturated carbocycles. The van der Waals surface area contributed by atoms with Crippen LogP contribution >= 0.6 is 0 Å². The van der Waals surface area contributed by atoms with Crippen molar-refractivity contribution in [2.24, 2.45) is 11.3 Å². The number of phenolic OH excluding ortho intramolecular Hbond substituents is 1. The van der Waals surface area contributed by atoms with Gasteiger partial charge in [0.2, 0.25) is 5.88 Å². The van der Waals surface area contributed by atoms with Crippen LogP contribution < -0.4 is 9.47 Å². The number of ether oxygens (including phenoxy) is 2. The molecule has 298 valence electrons. The number of aromatic nitrogens is 3. The maximum absolute atomic E-state index is 17.3. The highest BCUT2D eigenvalue weighted by Gasteiger charge is 2.61. The van der Waals surface area contributed by atoms with E-state index in [9.17, 15) is 28.5 Å². The number of fused-ring (bicyclic) bond motifs is 3. The van der Waals surface area contributed by atoms with E-state index in [0.717, 1.165) is 38.6 Å². The SMILES string of the molecule is C#Cc1c(F)ccc2cc(O)cc(-c3nc(OC)c4c(C5CCC[C@@](C)(O)C5)nc(OC[C@]56CCC[C@H]5N(CC5CC(O)(C(F)(F)F)C5)CCC6)nc4c3F)c12. The number of rotatable bonds is 8. The maximum atomic E-state index is 17.3. The lowest BCUT2D eigenvalue weighted by molar-refractivity contribution is -0.300. The van der Waals surface area contributed by atoms with E-state index in [1.54, 1.807) is 6.92 Å². The molecule has 4 aromatic rings. The van der Waals surface area contributed by atoms with E-state index < -0.39 is 29.0 Å². The Morgan fingerprint density at radius 2 is 1.73 bits per heavy atom. The van der Waals surface area contributed by atoms with Crippen LogP contribution in [0.15, 0.2) is 24.3 Å². The van der Waals surface area contributed by atoms with Gasteiger partial charge in [0.1, 0.15) is 22.8 Å². The molecule has 3 heterocycles. The molecule has 1 unspecified atom stereocenters. The van der Waals surface area contributed by atoms with Crippen LogP contribution in [0, 0.1) is 35.3 Å².